The van der Waals surface area contributed by atoms with E-state index in [0.717, 1.165) is 29.7 Å². The fourth-order valence-corrected chi connectivity index (χ4v) is 3.67. The molecule has 19 heavy (non-hydrogen) atoms. The van der Waals surface area contributed by atoms with Gasteiger partial charge in [-0.05, 0) is 56.5 Å². The molecule has 3 unspecified atom stereocenters. The van der Waals surface area contributed by atoms with E-state index in [1.165, 1.54) is 38.9 Å². The average Bonchev–Trinajstić information content (AvgIpc) is 2.37. The lowest BCUT2D eigenvalue weighted by molar-refractivity contribution is 0.121. The Labute approximate surface area is 121 Å². The van der Waals surface area contributed by atoms with Crippen molar-refractivity contribution in [1.82, 2.24) is 10.2 Å². The summed E-state index contributed by atoms with van der Waals surface area (Å²) >= 11 is 0. The standard InChI is InChI=1S/C17H36N2/c1-7-19(11-13(2)3)12-16-10-15(14(4)5)8-9-17(16)18-6/h13-18H,7-12H2,1-6H3. The van der Waals surface area contributed by atoms with Crippen LogP contribution in [-0.4, -0.2) is 37.6 Å². The third-order valence-corrected chi connectivity index (χ3v) is 4.90. The molecule has 0 aromatic carbocycles. The first kappa shape index (κ1) is 17.0. The van der Waals surface area contributed by atoms with Crippen molar-refractivity contribution >= 4 is 0 Å². The molecule has 0 heterocycles. The Kier molecular flexibility index (Phi) is 7.38. The predicted molar refractivity (Wildman–Crippen MR) is 85.5 cm³/mol. The van der Waals surface area contributed by atoms with Crippen LogP contribution in [0, 0.1) is 23.7 Å². The van der Waals surface area contributed by atoms with Gasteiger partial charge in [-0.3, -0.25) is 0 Å². The highest BCUT2D eigenvalue weighted by Gasteiger charge is 2.31. The van der Waals surface area contributed by atoms with Gasteiger partial charge in [-0.2, -0.15) is 0 Å². The van der Waals surface area contributed by atoms with Crippen molar-refractivity contribution < 1.29 is 0 Å². The zero-order chi connectivity index (χ0) is 14.4. The molecule has 114 valence electrons. The Balaban J connectivity index is 2.58. The van der Waals surface area contributed by atoms with Crippen LogP contribution in [0.2, 0.25) is 0 Å². The molecule has 1 aliphatic rings. The molecule has 0 aliphatic heterocycles. The maximum atomic E-state index is 3.57. The molecular formula is C17H36N2. The van der Waals surface area contributed by atoms with Gasteiger partial charge in [0.05, 0.1) is 0 Å². The number of rotatable bonds is 7. The van der Waals surface area contributed by atoms with Crippen LogP contribution in [-0.2, 0) is 0 Å². The lowest BCUT2D eigenvalue weighted by Gasteiger charge is -2.40. The van der Waals surface area contributed by atoms with E-state index in [-0.39, 0.29) is 0 Å². The summed E-state index contributed by atoms with van der Waals surface area (Å²) in [4.78, 5) is 2.66. The molecule has 0 saturated heterocycles. The second kappa shape index (κ2) is 8.26. The first-order valence-electron chi connectivity index (χ1n) is 8.37. The Morgan fingerprint density at radius 3 is 2.32 bits per heavy atom. The summed E-state index contributed by atoms with van der Waals surface area (Å²) in [5.74, 6) is 3.40. The molecule has 1 N–H and O–H groups in total. The van der Waals surface area contributed by atoms with Gasteiger partial charge in [-0.15, -0.1) is 0 Å². The normalized spacial score (nSPS) is 28.6. The quantitative estimate of drug-likeness (QED) is 0.758. The summed E-state index contributed by atoms with van der Waals surface area (Å²) in [6, 6.07) is 0.733. The van der Waals surface area contributed by atoms with E-state index in [2.05, 4.69) is 51.9 Å². The van der Waals surface area contributed by atoms with Crippen LogP contribution in [0.5, 0.6) is 0 Å². The minimum atomic E-state index is 0.733. The summed E-state index contributed by atoms with van der Waals surface area (Å²) in [5.41, 5.74) is 0. The van der Waals surface area contributed by atoms with Crippen molar-refractivity contribution in [2.24, 2.45) is 23.7 Å². The Morgan fingerprint density at radius 2 is 1.84 bits per heavy atom. The number of hydrogen-bond acceptors (Lipinski definition) is 2. The van der Waals surface area contributed by atoms with Crippen LogP contribution >= 0.6 is 0 Å². The molecule has 0 spiro atoms. The number of nitrogens with one attached hydrogen (secondary N) is 1. The van der Waals surface area contributed by atoms with Gasteiger partial charge >= 0.3 is 0 Å². The van der Waals surface area contributed by atoms with Gasteiger partial charge in [0.1, 0.15) is 0 Å². The topological polar surface area (TPSA) is 15.3 Å². The van der Waals surface area contributed by atoms with Gasteiger partial charge < -0.3 is 10.2 Å². The molecule has 0 bridgehead atoms. The molecule has 2 heteroatoms. The van der Waals surface area contributed by atoms with Gasteiger partial charge in [0.15, 0.2) is 0 Å². The first-order chi connectivity index (χ1) is 8.97. The number of nitrogens with zero attached hydrogens (tertiary/aromatic N) is 1. The van der Waals surface area contributed by atoms with Crippen LogP contribution in [0.1, 0.15) is 53.9 Å². The average molecular weight is 268 g/mol. The smallest absolute Gasteiger partial charge is 0.0105 e. The third kappa shape index (κ3) is 5.43. The van der Waals surface area contributed by atoms with Gasteiger partial charge in [0.25, 0.3) is 0 Å². The second-order valence-electron chi connectivity index (χ2n) is 7.22. The molecule has 1 rings (SSSR count). The lowest BCUT2D eigenvalue weighted by Crippen LogP contribution is -2.46. The van der Waals surface area contributed by atoms with Crippen molar-refractivity contribution in [3.8, 4) is 0 Å². The van der Waals surface area contributed by atoms with E-state index in [9.17, 15) is 0 Å². The molecule has 1 saturated carbocycles. The fraction of sp³-hybridized carbons (Fsp3) is 1.00. The van der Waals surface area contributed by atoms with Gasteiger partial charge in [0.2, 0.25) is 0 Å². The van der Waals surface area contributed by atoms with E-state index >= 15 is 0 Å². The molecule has 1 aliphatic carbocycles. The zero-order valence-electron chi connectivity index (χ0n) is 14.1. The van der Waals surface area contributed by atoms with Crippen molar-refractivity contribution in [2.75, 3.05) is 26.7 Å². The van der Waals surface area contributed by atoms with Crippen LogP contribution in [0.3, 0.4) is 0 Å². The molecule has 0 aromatic heterocycles. The zero-order valence-corrected chi connectivity index (χ0v) is 14.1. The van der Waals surface area contributed by atoms with Crippen LogP contribution in [0.25, 0.3) is 0 Å². The van der Waals surface area contributed by atoms with E-state index in [1.807, 2.05) is 0 Å². The van der Waals surface area contributed by atoms with Crippen molar-refractivity contribution in [3.05, 3.63) is 0 Å². The van der Waals surface area contributed by atoms with E-state index < -0.39 is 0 Å². The van der Waals surface area contributed by atoms with Gasteiger partial charge in [0, 0.05) is 19.1 Å². The van der Waals surface area contributed by atoms with Crippen LogP contribution < -0.4 is 5.32 Å². The summed E-state index contributed by atoms with van der Waals surface area (Å²) < 4.78 is 0. The van der Waals surface area contributed by atoms with E-state index in [1.54, 1.807) is 0 Å². The molecule has 0 radical (unpaired) electrons. The lowest BCUT2D eigenvalue weighted by atomic mass is 9.73. The van der Waals surface area contributed by atoms with Gasteiger partial charge in [-0.1, -0.05) is 34.6 Å². The predicted octanol–water partition coefficient (Wildman–Crippen LogP) is 3.62. The maximum absolute atomic E-state index is 3.57. The van der Waals surface area contributed by atoms with Crippen molar-refractivity contribution in [2.45, 2.75) is 59.9 Å². The van der Waals surface area contributed by atoms with Gasteiger partial charge in [-0.25, -0.2) is 0 Å². The molecule has 0 aromatic rings. The first-order valence-corrected chi connectivity index (χ1v) is 8.37. The summed E-state index contributed by atoms with van der Waals surface area (Å²) in [6.07, 6.45) is 4.19. The SMILES string of the molecule is CCN(CC(C)C)CC1CC(C(C)C)CCC1NC. The van der Waals surface area contributed by atoms with Crippen molar-refractivity contribution in [1.29, 1.82) is 0 Å². The monoisotopic (exact) mass is 268 g/mol. The van der Waals surface area contributed by atoms with Crippen LogP contribution in [0.4, 0.5) is 0 Å². The fourth-order valence-electron chi connectivity index (χ4n) is 3.67. The summed E-state index contributed by atoms with van der Waals surface area (Å²) in [7, 11) is 2.14. The molecule has 3 atom stereocenters. The Morgan fingerprint density at radius 1 is 1.16 bits per heavy atom. The highest BCUT2D eigenvalue weighted by atomic mass is 15.1. The highest BCUT2D eigenvalue weighted by Crippen LogP contribution is 2.34. The Hall–Kier alpha value is -0.0800. The third-order valence-electron chi connectivity index (χ3n) is 4.90. The second-order valence-corrected chi connectivity index (χ2v) is 7.22. The largest absolute Gasteiger partial charge is 0.317 e. The number of hydrogen-bond donors (Lipinski definition) is 1. The summed E-state index contributed by atoms with van der Waals surface area (Å²) in [5, 5.41) is 3.57. The minimum Gasteiger partial charge on any atom is -0.317 e. The van der Waals surface area contributed by atoms with Crippen molar-refractivity contribution in [3.63, 3.8) is 0 Å². The molecular weight excluding hydrogens is 232 g/mol. The molecule has 2 nitrogen and oxygen atoms in total. The summed E-state index contributed by atoms with van der Waals surface area (Å²) in [6.45, 7) is 15.5. The van der Waals surface area contributed by atoms with E-state index in [4.69, 9.17) is 0 Å². The minimum absolute atomic E-state index is 0.733. The van der Waals surface area contributed by atoms with Crippen LogP contribution in [0.15, 0.2) is 0 Å². The molecule has 1 fully saturated rings. The molecule has 0 amide bonds. The van der Waals surface area contributed by atoms with E-state index in [0.29, 0.717) is 0 Å². The maximum Gasteiger partial charge on any atom is 0.0105 e. The highest BCUT2D eigenvalue weighted by molar-refractivity contribution is 4.87. The Bertz CT molecular complexity index is 237.